The number of hydrogen-bond acceptors (Lipinski definition) is 3. The van der Waals surface area contributed by atoms with E-state index in [9.17, 15) is 0 Å². The van der Waals surface area contributed by atoms with E-state index in [4.69, 9.17) is 14.2 Å². The standard InChI is InChI=1S/C26H42O3/c1-3-21(2)23-14-16-25(17-15-23)29-26(20-22-10-6-4-7-11-22)28-19-18-27-24-12-8-5-9-13-24/h14-17,21-22,24,26H,3-13,18-20H2,1-2H3. The third kappa shape index (κ3) is 7.94. The van der Waals surface area contributed by atoms with Crippen molar-refractivity contribution in [3.05, 3.63) is 29.8 Å². The average Bonchev–Trinajstić information content (AvgIpc) is 2.78. The Morgan fingerprint density at radius 1 is 0.862 bits per heavy atom. The Bertz CT molecular complexity index is 544. The molecule has 0 amide bonds. The summed E-state index contributed by atoms with van der Waals surface area (Å²) < 4.78 is 18.5. The van der Waals surface area contributed by atoms with Crippen molar-refractivity contribution in [2.75, 3.05) is 13.2 Å². The number of benzene rings is 1. The highest BCUT2D eigenvalue weighted by Crippen LogP contribution is 2.30. The van der Waals surface area contributed by atoms with Gasteiger partial charge in [-0.15, -0.1) is 0 Å². The van der Waals surface area contributed by atoms with Crippen LogP contribution in [0.25, 0.3) is 0 Å². The van der Waals surface area contributed by atoms with Crippen LogP contribution in [0.15, 0.2) is 24.3 Å². The Hall–Kier alpha value is -1.06. The minimum atomic E-state index is -0.164. The molecule has 2 fully saturated rings. The quantitative estimate of drug-likeness (QED) is 0.288. The zero-order valence-electron chi connectivity index (χ0n) is 18.7. The minimum Gasteiger partial charge on any atom is -0.465 e. The SMILES string of the molecule is CCC(C)c1ccc(OC(CC2CCCCC2)OCCOC2CCCCC2)cc1. The van der Waals surface area contributed by atoms with Crippen molar-refractivity contribution in [2.45, 2.75) is 109 Å². The summed E-state index contributed by atoms with van der Waals surface area (Å²) in [6.07, 6.45) is 15.6. The van der Waals surface area contributed by atoms with Gasteiger partial charge in [0.05, 0.1) is 19.3 Å². The van der Waals surface area contributed by atoms with Gasteiger partial charge in [-0.1, -0.05) is 77.3 Å². The largest absolute Gasteiger partial charge is 0.465 e. The maximum Gasteiger partial charge on any atom is 0.200 e. The second-order valence-electron chi connectivity index (χ2n) is 9.17. The average molecular weight is 403 g/mol. The van der Waals surface area contributed by atoms with Gasteiger partial charge in [-0.25, -0.2) is 0 Å². The third-order valence-electron chi connectivity index (χ3n) is 6.87. The molecular formula is C26H42O3. The Kier molecular flexibility index (Phi) is 9.82. The van der Waals surface area contributed by atoms with E-state index in [1.165, 1.54) is 69.8 Å². The summed E-state index contributed by atoms with van der Waals surface area (Å²) >= 11 is 0. The molecule has 0 radical (unpaired) electrons. The predicted molar refractivity (Wildman–Crippen MR) is 120 cm³/mol. The van der Waals surface area contributed by atoms with Crippen LogP contribution in [0.3, 0.4) is 0 Å². The van der Waals surface area contributed by atoms with Gasteiger partial charge in [0.2, 0.25) is 0 Å². The van der Waals surface area contributed by atoms with Crippen LogP contribution < -0.4 is 4.74 Å². The Labute approximate surface area is 178 Å². The zero-order chi connectivity index (χ0) is 20.3. The van der Waals surface area contributed by atoms with E-state index < -0.39 is 0 Å². The first-order valence-electron chi connectivity index (χ1n) is 12.2. The third-order valence-corrected chi connectivity index (χ3v) is 6.87. The molecule has 164 valence electrons. The molecular weight excluding hydrogens is 360 g/mol. The topological polar surface area (TPSA) is 27.7 Å². The van der Waals surface area contributed by atoms with Gasteiger partial charge in [-0.3, -0.25) is 0 Å². The van der Waals surface area contributed by atoms with Gasteiger partial charge in [0.25, 0.3) is 0 Å². The molecule has 0 N–H and O–H groups in total. The molecule has 3 rings (SSSR count). The summed E-state index contributed by atoms with van der Waals surface area (Å²) in [5.41, 5.74) is 1.38. The molecule has 29 heavy (non-hydrogen) atoms. The molecule has 3 nitrogen and oxygen atoms in total. The van der Waals surface area contributed by atoms with E-state index in [1.54, 1.807) is 0 Å². The van der Waals surface area contributed by atoms with Crippen molar-refractivity contribution in [3.8, 4) is 5.75 Å². The lowest BCUT2D eigenvalue weighted by Gasteiger charge is -2.28. The molecule has 0 spiro atoms. The highest BCUT2D eigenvalue weighted by Gasteiger charge is 2.21. The summed E-state index contributed by atoms with van der Waals surface area (Å²) in [5.74, 6) is 2.24. The molecule has 2 atom stereocenters. The number of rotatable bonds is 11. The van der Waals surface area contributed by atoms with Crippen molar-refractivity contribution < 1.29 is 14.2 Å². The summed E-state index contributed by atoms with van der Waals surface area (Å²) in [7, 11) is 0. The summed E-state index contributed by atoms with van der Waals surface area (Å²) in [4.78, 5) is 0. The second kappa shape index (κ2) is 12.6. The number of ether oxygens (including phenoxy) is 3. The van der Waals surface area contributed by atoms with E-state index in [0.29, 0.717) is 25.2 Å². The summed E-state index contributed by atoms with van der Waals surface area (Å²) in [6, 6.07) is 8.62. The van der Waals surface area contributed by atoms with Crippen LogP contribution in [0.1, 0.15) is 102 Å². The van der Waals surface area contributed by atoms with Gasteiger partial charge in [0.1, 0.15) is 5.75 Å². The van der Waals surface area contributed by atoms with Crippen molar-refractivity contribution in [1.29, 1.82) is 0 Å². The van der Waals surface area contributed by atoms with E-state index in [1.807, 2.05) is 0 Å². The van der Waals surface area contributed by atoms with Crippen LogP contribution in [0.5, 0.6) is 5.75 Å². The van der Waals surface area contributed by atoms with Crippen molar-refractivity contribution in [1.82, 2.24) is 0 Å². The van der Waals surface area contributed by atoms with Crippen LogP contribution in [0.2, 0.25) is 0 Å². The molecule has 2 aliphatic rings. The zero-order valence-corrected chi connectivity index (χ0v) is 18.7. The summed E-state index contributed by atoms with van der Waals surface area (Å²) in [5, 5.41) is 0. The first kappa shape index (κ1) is 22.6. The molecule has 2 saturated carbocycles. The maximum atomic E-state index is 6.30. The van der Waals surface area contributed by atoms with Gasteiger partial charge in [0.15, 0.2) is 6.29 Å². The summed E-state index contributed by atoms with van der Waals surface area (Å²) in [6.45, 7) is 5.82. The molecule has 1 aromatic rings. The highest BCUT2D eigenvalue weighted by atomic mass is 16.7. The van der Waals surface area contributed by atoms with Crippen molar-refractivity contribution >= 4 is 0 Å². The molecule has 0 bridgehead atoms. The molecule has 0 aliphatic heterocycles. The van der Waals surface area contributed by atoms with Crippen LogP contribution in [-0.4, -0.2) is 25.6 Å². The lowest BCUT2D eigenvalue weighted by molar-refractivity contribution is -0.115. The number of hydrogen-bond donors (Lipinski definition) is 0. The molecule has 0 aromatic heterocycles. The first-order valence-corrected chi connectivity index (χ1v) is 12.2. The fourth-order valence-corrected chi connectivity index (χ4v) is 4.73. The Morgan fingerprint density at radius 3 is 2.17 bits per heavy atom. The fourth-order valence-electron chi connectivity index (χ4n) is 4.73. The van der Waals surface area contributed by atoms with E-state index in [-0.39, 0.29) is 6.29 Å². The fraction of sp³-hybridized carbons (Fsp3) is 0.769. The van der Waals surface area contributed by atoms with Gasteiger partial charge in [-0.05, 0) is 48.8 Å². The van der Waals surface area contributed by atoms with E-state index in [0.717, 1.165) is 24.5 Å². The van der Waals surface area contributed by atoms with Crippen LogP contribution in [0, 0.1) is 5.92 Å². The van der Waals surface area contributed by atoms with Crippen molar-refractivity contribution in [2.24, 2.45) is 5.92 Å². The van der Waals surface area contributed by atoms with Gasteiger partial charge >= 0.3 is 0 Å². The van der Waals surface area contributed by atoms with E-state index >= 15 is 0 Å². The van der Waals surface area contributed by atoms with Crippen LogP contribution in [0.4, 0.5) is 0 Å². The van der Waals surface area contributed by atoms with E-state index in [2.05, 4.69) is 38.1 Å². The molecule has 2 unspecified atom stereocenters. The predicted octanol–water partition coefficient (Wildman–Crippen LogP) is 7.24. The molecule has 0 saturated heterocycles. The Balaban J connectivity index is 1.49. The molecule has 2 aliphatic carbocycles. The second-order valence-corrected chi connectivity index (χ2v) is 9.17. The minimum absolute atomic E-state index is 0.164. The lowest BCUT2D eigenvalue weighted by Crippen LogP contribution is -2.27. The molecule has 0 heterocycles. The normalized spacial score (nSPS) is 21.0. The first-order chi connectivity index (χ1) is 14.2. The van der Waals surface area contributed by atoms with Gasteiger partial charge in [-0.2, -0.15) is 0 Å². The highest BCUT2D eigenvalue weighted by molar-refractivity contribution is 5.29. The Morgan fingerprint density at radius 2 is 1.52 bits per heavy atom. The smallest absolute Gasteiger partial charge is 0.200 e. The van der Waals surface area contributed by atoms with Crippen LogP contribution in [-0.2, 0) is 9.47 Å². The molecule has 3 heteroatoms. The van der Waals surface area contributed by atoms with Gasteiger partial charge in [0, 0.05) is 6.42 Å². The van der Waals surface area contributed by atoms with Crippen LogP contribution >= 0.6 is 0 Å². The lowest BCUT2D eigenvalue weighted by atomic mass is 9.87. The van der Waals surface area contributed by atoms with Gasteiger partial charge < -0.3 is 14.2 Å². The molecule has 1 aromatic carbocycles. The van der Waals surface area contributed by atoms with Crippen molar-refractivity contribution in [3.63, 3.8) is 0 Å². The monoisotopic (exact) mass is 402 g/mol. The maximum absolute atomic E-state index is 6.30.